The van der Waals surface area contributed by atoms with E-state index in [4.69, 9.17) is 15.0 Å². The van der Waals surface area contributed by atoms with E-state index in [-0.39, 0.29) is 5.69 Å². The van der Waals surface area contributed by atoms with Gasteiger partial charge in [0, 0.05) is 30.0 Å². The van der Waals surface area contributed by atoms with Crippen LogP contribution in [0.1, 0.15) is 69.2 Å². The Kier molecular flexibility index (Phi) is 12.0. The summed E-state index contributed by atoms with van der Waals surface area (Å²) in [6.07, 6.45) is 0. The minimum Gasteiger partial charge on any atom is -0.399 e. The van der Waals surface area contributed by atoms with Gasteiger partial charge in [0.25, 0.3) is 0 Å². The van der Waals surface area contributed by atoms with Gasteiger partial charge in [0.05, 0.1) is 16.9 Å². The molecule has 0 aliphatic carbocycles. The summed E-state index contributed by atoms with van der Waals surface area (Å²) in [7, 11) is 1.06. The van der Waals surface area contributed by atoms with E-state index in [2.05, 4.69) is 0 Å². The summed E-state index contributed by atoms with van der Waals surface area (Å²) in [5.41, 5.74) is 7.09. The third kappa shape index (κ3) is 6.69. The minimum absolute atomic E-state index is 0.244. The number of nitrogens with zero attached hydrogens (tertiary/aromatic N) is 1. The number of halogens is 2. The van der Waals surface area contributed by atoms with Crippen LogP contribution in [0.25, 0.3) is 0 Å². The van der Waals surface area contributed by atoms with Crippen molar-refractivity contribution in [2.75, 3.05) is 17.7 Å². The monoisotopic (exact) mass is 450 g/mol. The zero-order valence-electron chi connectivity index (χ0n) is 21.6. The molecule has 0 bridgehead atoms. The summed E-state index contributed by atoms with van der Waals surface area (Å²) >= 11 is 0. The Bertz CT molecular complexity index is 829. The summed E-state index contributed by atoms with van der Waals surface area (Å²) in [5, 5.41) is 0. The highest BCUT2D eigenvalue weighted by molar-refractivity contribution is 6.64. The van der Waals surface area contributed by atoms with Crippen molar-refractivity contribution < 1.29 is 18.1 Å². The van der Waals surface area contributed by atoms with E-state index in [0.717, 1.165) is 6.07 Å². The van der Waals surface area contributed by atoms with Crippen molar-refractivity contribution in [3.05, 3.63) is 48.0 Å². The molecule has 32 heavy (non-hydrogen) atoms. The number of anilines is 3. The van der Waals surface area contributed by atoms with Gasteiger partial charge in [-0.1, -0.05) is 41.5 Å². The zero-order chi connectivity index (χ0) is 25.3. The van der Waals surface area contributed by atoms with Crippen LogP contribution >= 0.6 is 0 Å². The van der Waals surface area contributed by atoms with E-state index in [1.807, 2.05) is 69.2 Å². The normalized spacial score (nSPS) is 15.3. The molecule has 1 saturated heterocycles. The maximum atomic E-state index is 14.3. The fraction of sp³-hybridized carbons (Fsp3) is 0.520. The van der Waals surface area contributed by atoms with Crippen molar-refractivity contribution in [1.82, 2.24) is 0 Å². The molecule has 0 amide bonds. The Labute approximate surface area is 194 Å². The van der Waals surface area contributed by atoms with Gasteiger partial charge >= 0.3 is 7.12 Å². The van der Waals surface area contributed by atoms with E-state index >= 15 is 0 Å². The highest BCUT2D eigenvalue weighted by Crippen LogP contribution is 2.38. The first kappa shape index (κ1) is 29.9. The smallest absolute Gasteiger partial charge is 0.399 e. The van der Waals surface area contributed by atoms with Crippen LogP contribution in [0.4, 0.5) is 25.8 Å². The highest BCUT2D eigenvalue weighted by atomic mass is 19.1. The van der Waals surface area contributed by atoms with Gasteiger partial charge in [0.15, 0.2) is 0 Å². The molecule has 4 nitrogen and oxygen atoms in total. The van der Waals surface area contributed by atoms with Gasteiger partial charge in [-0.3, -0.25) is 0 Å². The Morgan fingerprint density at radius 2 is 1.25 bits per heavy atom. The molecular formula is C25H41BF2N2O2. The molecule has 0 aromatic heterocycles. The van der Waals surface area contributed by atoms with Crippen molar-refractivity contribution in [3.8, 4) is 0 Å². The fourth-order valence-electron chi connectivity index (χ4n) is 2.92. The molecule has 0 atom stereocenters. The first-order valence-corrected chi connectivity index (χ1v) is 11.5. The van der Waals surface area contributed by atoms with Crippen molar-refractivity contribution in [1.29, 1.82) is 0 Å². The Morgan fingerprint density at radius 3 is 1.72 bits per heavy atom. The number of nitrogen functional groups attached to an aromatic ring is 1. The minimum atomic E-state index is -0.649. The molecule has 7 heteroatoms. The standard InChI is InChI=1S/C19H23BF2N2O2.3C2H6/c1-18(2)19(3,4)26-20(25-18)14-11-13(23)7-9-16(14)24(5)17-8-6-12(21)10-15(17)22;3*1-2/h6-11H,23H2,1-5H3;3*1-2H3. The average Bonchev–Trinajstić information content (AvgIpc) is 2.99. The molecule has 1 aliphatic heterocycles. The molecule has 2 aromatic carbocycles. The molecular weight excluding hydrogens is 409 g/mol. The van der Waals surface area contributed by atoms with Crippen molar-refractivity contribution in [2.45, 2.75) is 80.4 Å². The van der Waals surface area contributed by atoms with Crippen LogP contribution in [0.15, 0.2) is 36.4 Å². The van der Waals surface area contributed by atoms with E-state index < -0.39 is 30.0 Å². The Balaban J connectivity index is 0.00000148. The van der Waals surface area contributed by atoms with Gasteiger partial charge in [0.2, 0.25) is 0 Å². The second kappa shape index (κ2) is 12.8. The SMILES string of the molecule is CC.CC.CC.CN(c1ccc(F)cc1F)c1ccc(N)cc1B1OC(C)(C)C(C)(C)O1. The molecule has 2 N–H and O–H groups in total. The zero-order valence-corrected chi connectivity index (χ0v) is 21.6. The predicted molar refractivity (Wildman–Crippen MR) is 135 cm³/mol. The van der Waals surface area contributed by atoms with Crippen molar-refractivity contribution in [2.24, 2.45) is 0 Å². The van der Waals surface area contributed by atoms with Gasteiger partial charge in [0.1, 0.15) is 11.6 Å². The van der Waals surface area contributed by atoms with Crippen LogP contribution in [-0.2, 0) is 9.31 Å². The molecule has 1 fully saturated rings. The lowest BCUT2D eigenvalue weighted by atomic mass is 9.77. The maximum absolute atomic E-state index is 14.3. The first-order chi connectivity index (χ1) is 15.0. The molecule has 1 aliphatic rings. The highest BCUT2D eigenvalue weighted by Gasteiger charge is 2.52. The number of rotatable bonds is 3. The van der Waals surface area contributed by atoms with Gasteiger partial charge in [-0.15, -0.1) is 0 Å². The second-order valence-corrected chi connectivity index (χ2v) is 7.56. The van der Waals surface area contributed by atoms with Gasteiger partial charge < -0.3 is 19.9 Å². The maximum Gasteiger partial charge on any atom is 0.497 e. The number of nitrogens with two attached hydrogens (primary N) is 1. The average molecular weight is 450 g/mol. The summed E-state index contributed by atoms with van der Waals surface area (Å²) in [5.74, 6) is -1.27. The van der Waals surface area contributed by atoms with E-state index in [1.165, 1.54) is 12.1 Å². The van der Waals surface area contributed by atoms with Gasteiger partial charge in [-0.05, 0) is 58.0 Å². The van der Waals surface area contributed by atoms with Crippen LogP contribution in [0.5, 0.6) is 0 Å². The van der Waals surface area contributed by atoms with Crippen LogP contribution in [0.2, 0.25) is 0 Å². The summed E-state index contributed by atoms with van der Waals surface area (Å²) < 4.78 is 39.7. The summed E-state index contributed by atoms with van der Waals surface area (Å²) in [6, 6.07) is 8.74. The van der Waals surface area contributed by atoms with Crippen molar-refractivity contribution in [3.63, 3.8) is 0 Å². The van der Waals surface area contributed by atoms with Crippen molar-refractivity contribution >= 4 is 29.6 Å². The summed E-state index contributed by atoms with van der Waals surface area (Å²) in [6.45, 7) is 19.8. The lowest BCUT2D eigenvalue weighted by Crippen LogP contribution is -2.41. The fourth-order valence-corrected chi connectivity index (χ4v) is 2.92. The number of hydrogen-bond donors (Lipinski definition) is 1. The predicted octanol–water partition coefficient (Wildman–Crippen LogP) is 6.69. The molecule has 0 radical (unpaired) electrons. The Morgan fingerprint density at radius 1 is 0.781 bits per heavy atom. The van der Waals surface area contributed by atoms with Crippen LogP contribution in [0.3, 0.4) is 0 Å². The number of hydrogen-bond acceptors (Lipinski definition) is 4. The largest absolute Gasteiger partial charge is 0.497 e. The third-order valence-corrected chi connectivity index (χ3v) is 5.19. The quantitative estimate of drug-likeness (QED) is 0.418. The lowest BCUT2D eigenvalue weighted by molar-refractivity contribution is 0.00578. The topological polar surface area (TPSA) is 47.7 Å². The molecule has 2 aromatic rings. The van der Waals surface area contributed by atoms with Crippen LogP contribution in [0, 0.1) is 11.6 Å². The summed E-state index contributed by atoms with van der Waals surface area (Å²) in [4.78, 5) is 1.63. The second-order valence-electron chi connectivity index (χ2n) is 7.56. The lowest BCUT2D eigenvalue weighted by Gasteiger charge is -2.32. The van der Waals surface area contributed by atoms with Gasteiger partial charge in [-0.25, -0.2) is 8.78 Å². The van der Waals surface area contributed by atoms with E-state index in [0.29, 0.717) is 16.8 Å². The molecule has 180 valence electrons. The number of benzene rings is 2. The molecule has 0 saturated carbocycles. The third-order valence-electron chi connectivity index (χ3n) is 5.19. The molecule has 0 unspecified atom stereocenters. The van der Waals surface area contributed by atoms with E-state index in [9.17, 15) is 8.78 Å². The molecule has 0 spiro atoms. The molecule has 3 rings (SSSR count). The van der Waals surface area contributed by atoms with E-state index in [1.54, 1.807) is 30.1 Å². The van der Waals surface area contributed by atoms with Crippen LogP contribution < -0.4 is 16.1 Å². The first-order valence-electron chi connectivity index (χ1n) is 11.5. The van der Waals surface area contributed by atoms with Gasteiger partial charge in [-0.2, -0.15) is 0 Å². The Hall–Kier alpha value is -2.12. The van der Waals surface area contributed by atoms with Crippen LogP contribution in [-0.4, -0.2) is 25.4 Å². The molecule has 1 heterocycles.